The van der Waals surface area contributed by atoms with Gasteiger partial charge in [0.25, 0.3) is 5.91 Å². The normalized spacial score (nSPS) is 10.6. The highest BCUT2D eigenvalue weighted by molar-refractivity contribution is 6.04. The van der Waals surface area contributed by atoms with E-state index >= 15 is 0 Å². The minimum Gasteiger partial charge on any atom is -1.00 e. The SMILES string of the molecule is CCCCCCCCCCCCOc1ccc(C(=O)N(Cc2cccc[n+]2CC)C(C)=O)c(C)c1.[I-]. The molecule has 0 fully saturated rings. The van der Waals surface area contributed by atoms with Gasteiger partial charge in [-0.2, -0.15) is 0 Å². The minimum atomic E-state index is -0.275. The molecule has 2 rings (SSSR count). The Balaban J connectivity index is 0.00000648. The highest BCUT2D eigenvalue weighted by Crippen LogP contribution is 2.20. The number of amides is 2. The molecule has 2 amide bonds. The van der Waals surface area contributed by atoms with E-state index in [0.717, 1.165) is 30.0 Å². The van der Waals surface area contributed by atoms with Crippen molar-refractivity contribution in [1.82, 2.24) is 4.90 Å². The zero-order valence-corrected chi connectivity index (χ0v) is 24.9. The van der Waals surface area contributed by atoms with E-state index in [2.05, 4.69) is 6.92 Å². The first kappa shape index (κ1) is 32.1. The van der Waals surface area contributed by atoms with E-state index in [9.17, 15) is 9.59 Å². The van der Waals surface area contributed by atoms with E-state index in [1.807, 2.05) is 54.9 Å². The van der Waals surface area contributed by atoms with E-state index in [0.29, 0.717) is 12.2 Å². The van der Waals surface area contributed by atoms with Gasteiger partial charge in [-0.1, -0.05) is 70.8 Å². The first-order chi connectivity index (χ1) is 17.0. The Labute approximate surface area is 235 Å². The third kappa shape index (κ3) is 11.0. The van der Waals surface area contributed by atoms with Gasteiger partial charge >= 0.3 is 0 Å². The Morgan fingerprint density at radius 2 is 1.53 bits per heavy atom. The van der Waals surface area contributed by atoms with E-state index in [4.69, 9.17) is 4.74 Å². The summed E-state index contributed by atoms with van der Waals surface area (Å²) in [5.41, 5.74) is 2.27. The van der Waals surface area contributed by atoms with Crippen molar-refractivity contribution >= 4 is 11.8 Å². The molecule has 1 aromatic heterocycles. The van der Waals surface area contributed by atoms with Crippen LogP contribution in [0.3, 0.4) is 0 Å². The van der Waals surface area contributed by atoms with Crippen LogP contribution in [0.4, 0.5) is 0 Å². The van der Waals surface area contributed by atoms with Crippen LogP contribution in [0.25, 0.3) is 0 Å². The molecule has 0 saturated carbocycles. The molecule has 0 aliphatic heterocycles. The van der Waals surface area contributed by atoms with Gasteiger partial charge < -0.3 is 28.7 Å². The van der Waals surface area contributed by atoms with E-state index < -0.39 is 0 Å². The quantitative estimate of drug-likeness (QED) is 0.166. The van der Waals surface area contributed by atoms with Crippen molar-refractivity contribution in [3.8, 4) is 5.75 Å². The fourth-order valence-corrected chi connectivity index (χ4v) is 4.34. The molecule has 0 unspecified atom stereocenters. The maximum atomic E-state index is 13.2. The zero-order chi connectivity index (χ0) is 25.5. The number of aryl methyl sites for hydroxylation is 2. The molecule has 1 heterocycles. The van der Waals surface area contributed by atoms with Gasteiger partial charge in [0, 0.05) is 24.6 Å². The lowest BCUT2D eigenvalue weighted by Gasteiger charge is -2.19. The number of hydrogen-bond acceptors (Lipinski definition) is 3. The monoisotopic (exact) mass is 608 g/mol. The van der Waals surface area contributed by atoms with E-state index in [1.54, 1.807) is 6.07 Å². The van der Waals surface area contributed by atoms with Crippen LogP contribution in [0.5, 0.6) is 5.75 Å². The van der Waals surface area contributed by atoms with Gasteiger partial charge in [-0.3, -0.25) is 14.5 Å². The predicted octanol–water partition coefficient (Wildman–Crippen LogP) is 3.80. The van der Waals surface area contributed by atoms with Crippen molar-refractivity contribution in [1.29, 1.82) is 0 Å². The summed E-state index contributed by atoms with van der Waals surface area (Å²) in [4.78, 5) is 26.9. The average Bonchev–Trinajstić information content (AvgIpc) is 2.85. The van der Waals surface area contributed by atoms with Crippen molar-refractivity contribution in [3.63, 3.8) is 0 Å². The highest BCUT2D eigenvalue weighted by atomic mass is 127. The van der Waals surface area contributed by atoms with E-state index in [-0.39, 0.29) is 42.3 Å². The number of unbranched alkanes of at least 4 members (excludes halogenated alkanes) is 9. The second-order valence-electron chi connectivity index (χ2n) is 9.40. The van der Waals surface area contributed by atoms with Crippen molar-refractivity contribution in [3.05, 3.63) is 59.4 Å². The van der Waals surface area contributed by atoms with Gasteiger partial charge in [0.15, 0.2) is 6.20 Å². The Hall–Kier alpha value is -1.96. The number of pyridine rings is 1. The zero-order valence-electron chi connectivity index (χ0n) is 22.7. The molecule has 0 aliphatic carbocycles. The number of nitrogens with zero attached hydrogens (tertiary/aromatic N) is 2. The van der Waals surface area contributed by atoms with Crippen LogP contribution in [-0.4, -0.2) is 23.3 Å². The summed E-state index contributed by atoms with van der Waals surface area (Å²) in [6.07, 6.45) is 14.9. The molecule has 0 atom stereocenters. The van der Waals surface area contributed by atoms with Crippen molar-refractivity contribution < 1.29 is 42.9 Å². The molecule has 2 aromatic rings. The van der Waals surface area contributed by atoms with Crippen molar-refractivity contribution in [2.24, 2.45) is 0 Å². The van der Waals surface area contributed by atoms with Crippen LogP contribution in [0.15, 0.2) is 42.6 Å². The van der Waals surface area contributed by atoms with Crippen LogP contribution >= 0.6 is 0 Å². The van der Waals surface area contributed by atoms with Gasteiger partial charge in [0.1, 0.15) is 18.8 Å². The Morgan fingerprint density at radius 3 is 2.11 bits per heavy atom. The second kappa shape index (κ2) is 18.3. The van der Waals surface area contributed by atoms with Crippen molar-refractivity contribution in [2.75, 3.05) is 6.61 Å². The third-order valence-corrected chi connectivity index (χ3v) is 6.52. The lowest BCUT2D eigenvalue weighted by molar-refractivity contribution is -0.701. The van der Waals surface area contributed by atoms with Crippen molar-refractivity contribution in [2.45, 2.75) is 105 Å². The smallest absolute Gasteiger partial charge is 0.261 e. The molecule has 1 aromatic carbocycles. The standard InChI is InChI=1S/C30H45N2O3.HI/c1-5-7-8-9-10-11-12-13-14-17-22-35-28-19-20-29(25(3)23-28)30(34)32(26(4)33)24-27-18-15-16-21-31(27)6-2;/h15-16,18-21,23H,5-14,17,22,24H2,1-4H3;1H/q+1;/p-1. The summed E-state index contributed by atoms with van der Waals surface area (Å²) in [6.45, 7) is 9.35. The molecule has 5 nitrogen and oxygen atoms in total. The minimum absolute atomic E-state index is 0. The summed E-state index contributed by atoms with van der Waals surface area (Å²) < 4.78 is 7.97. The number of benzene rings is 1. The van der Waals surface area contributed by atoms with Gasteiger partial charge in [-0.15, -0.1) is 0 Å². The molecule has 200 valence electrons. The van der Waals surface area contributed by atoms with Crippen LogP contribution in [0.1, 0.15) is 107 Å². The summed E-state index contributed by atoms with van der Waals surface area (Å²) in [7, 11) is 0. The number of imide groups is 1. The second-order valence-corrected chi connectivity index (χ2v) is 9.40. The summed E-state index contributed by atoms with van der Waals surface area (Å²) in [6, 6.07) is 11.3. The Kier molecular flexibility index (Phi) is 16.3. The van der Waals surface area contributed by atoms with Gasteiger partial charge in [-0.25, -0.2) is 4.57 Å². The van der Waals surface area contributed by atoms with Crippen LogP contribution in [0.2, 0.25) is 0 Å². The Morgan fingerprint density at radius 1 is 0.889 bits per heavy atom. The maximum Gasteiger partial charge on any atom is 0.261 e. The molecular weight excluding hydrogens is 563 g/mol. The topological polar surface area (TPSA) is 50.5 Å². The first-order valence-corrected chi connectivity index (χ1v) is 13.5. The summed E-state index contributed by atoms with van der Waals surface area (Å²) >= 11 is 0. The molecule has 0 bridgehead atoms. The van der Waals surface area contributed by atoms with Crippen LogP contribution in [-0.2, 0) is 17.9 Å². The number of aromatic nitrogens is 1. The van der Waals surface area contributed by atoms with Gasteiger partial charge in [-0.05, 0) is 44.0 Å². The molecule has 0 aliphatic rings. The molecular formula is C30H45IN2O3. The number of halogens is 1. The lowest BCUT2D eigenvalue weighted by Crippen LogP contribution is -3.00. The number of hydrogen-bond donors (Lipinski definition) is 0. The fourth-order valence-electron chi connectivity index (χ4n) is 4.34. The Bertz CT molecular complexity index is 932. The molecule has 0 saturated heterocycles. The fraction of sp³-hybridized carbons (Fsp3) is 0.567. The highest BCUT2D eigenvalue weighted by Gasteiger charge is 2.25. The lowest BCUT2D eigenvalue weighted by atomic mass is 10.1. The molecule has 0 radical (unpaired) electrons. The summed E-state index contributed by atoms with van der Waals surface area (Å²) in [5.74, 6) is 0.237. The van der Waals surface area contributed by atoms with Gasteiger partial charge in [0.2, 0.25) is 11.6 Å². The molecule has 0 N–H and O–H groups in total. The number of rotatable bonds is 16. The largest absolute Gasteiger partial charge is 1.00 e. The summed E-state index contributed by atoms with van der Waals surface area (Å²) in [5, 5.41) is 0. The predicted molar refractivity (Wildman–Crippen MR) is 141 cm³/mol. The number of carbonyl (C=O) groups is 2. The number of ether oxygens (including phenoxy) is 1. The van der Waals surface area contributed by atoms with Crippen LogP contribution in [0, 0.1) is 6.92 Å². The molecule has 6 heteroatoms. The third-order valence-electron chi connectivity index (χ3n) is 6.52. The van der Waals surface area contributed by atoms with E-state index in [1.165, 1.54) is 69.6 Å². The number of carbonyl (C=O) groups excluding carboxylic acids is 2. The molecule has 0 spiro atoms. The average molecular weight is 609 g/mol. The van der Waals surface area contributed by atoms with Crippen LogP contribution < -0.4 is 33.3 Å². The van der Waals surface area contributed by atoms with Gasteiger partial charge in [0.05, 0.1) is 6.61 Å². The first-order valence-electron chi connectivity index (χ1n) is 13.5. The molecule has 36 heavy (non-hydrogen) atoms. The maximum absolute atomic E-state index is 13.2.